The van der Waals surface area contributed by atoms with Gasteiger partial charge in [0.05, 0.1) is 16.2 Å². The topological polar surface area (TPSA) is 50.4 Å². The molecule has 1 rings (SSSR count). The molecule has 3 N–H and O–H groups in total. The number of hydrogen-bond donors (Lipinski definition) is 2. The molecule has 0 aliphatic rings. The standard InChI is InChI=1S/C11H14ClF2N3/c1-11(2,3)17-10(15)16-9-7(12)4-6(13)5-8(9)14/h4-5H,1-3H3,(H3,15,16,17). The van der Waals surface area contributed by atoms with Crippen LogP contribution in [0.25, 0.3) is 0 Å². The van der Waals surface area contributed by atoms with Crippen LogP contribution >= 0.6 is 11.6 Å². The van der Waals surface area contributed by atoms with Crippen molar-refractivity contribution in [2.45, 2.75) is 26.3 Å². The second-order valence-electron chi connectivity index (χ2n) is 4.54. The minimum Gasteiger partial charge on any atom is -0.370 e. The molecule has 0 heterocycles. The molecule has 0 atom stereocenters. The first kappa shape index (κ1) is 13.7. The maximum absolute atomic E-state index is 13.4. The van der Waals surface area contributed by atoms with E-state index in [-0.39, 0.29) is 16.7 Å². The molecule has 0 unspecified atom stereocenters. The molecule has 0 bridgehead atoms. The Morgan fingerprint density at radius 3 is 2.41 bits per heavy atom. The summed E-state index contributed by atoms with van der Waals surface area (Å²) in [6.07, 6.45) is 0. The van der Waals surface area contributed by atoms with Gasteiger partial charge in [-0.15, -0.1) is 0 Å². The number of halogens is 3. The summed E-state index contributed by atoms with van der Waals surface area (Å²) in [7, 11) is 0. The van der Waals surface area contributed by atoms with E-state index in [1.807, 2.05) is 20.8 Å². The van der Waals surface area contributed by atoms with Crippen LogP contribution < -0.4 is 11.1 Å². The van der Waals surface area contributed by atoms with Gasteiger partial charge in [0.15, 0.2) is 11.8 Å². The molecule has 0 radical (unpaired) electrons. The van der Waals surface area contributed by atoms with Crippen molar-refractivity contribution < 1.29 is 8.78 Å². The SMILES string of the molecule is CC(C)(C)N=C(N)Nc1c(F)cc(F)cc1Cl. The largest absolute Gasteiger partial charge is 0.370 e. The molecule has 6 heteroatoms. The van der Waals surface area contributed by atoms with Gasteiger partial charge in [-0.1, -0.05) is 11.6 Å². The third-order valence-corrected chi connectivity index (χ3v) is 2.01. The zero-order valence-electron chi connectivity index (χ0n) is 9.81. The van der Waals surface area contributed by atoms with Crippen molar-refractivity contribution in [1.29, 1.82) is 0 Å². The highest BCUT2D eigenvalue weighted by Gasteiger charge is 2.13. The predicted molar refractivity (Wildman–Crippen MR) is 66.4 cm³/mol. The highest BCUT2D eigenvalue weighted by Crippen LogP contribution is 2.26. The Morgan fingerprint density at radius 2 is 1.94 bits per heavy atom. The van der Waals surface area contributed by atoms with Gasteiger partial charge in [0.25, 0.3) is 0 Å². The molecule has 94 valence electrons. The second kappa shape index (κ2) is 4.87. The number of guanidine groups is 1. The Bertz CT molecular complexity index is 430. The Balaban J connectivity index is 3.01. The zero-order valence-corrected chi connectivity index (χ0v) is 10.6. The van der Waals surface area contributed by atoms with Crippen LogP contribution in [0.5, 0.6) is 0 Å². The Kier molecular flexibility index (Phi) is 3.93. The van der Waals surface area contributed by atoms with E-state index in [0.29, 0.717) is 0 Å². The van der Waals surface area contributed by atoms with Crippen LogP contribution in [-0.4, -0.2) is 11.5 Å². The lowest BCUT2D eigenvalue weighted by atomic mass is 10.1. The van der Waals surface area contributed by atoms with Gasteiger partial charge in [-0.3, -0.25) is 0 Å². The van der Waals surface area contributed by atoms with E-state index in [0.717, 1.165) is 12.1 Å². The van der Waals surface area contributed by atoms with Crippen LogP contribution in [0.4, 0.5) is 14.5 Å². The monoisotopic (exact) mass is 261 g/mol. The van der Waals surface area contributed by atoms with Crippen molar-refractivity contribution in [3.05, 3.63) is 28.8 Å². The van der Waals surface area contributed by atoms with Crippen molar-refractivity contribution >= 4 is 23.2 Å². The van der Waals surface area contributed by atoms with Gasteiger partial charge in [-0.25, -0.2) is 13.8 Å². The fraction of sp³-hybridized carbons (Fsp3) is 0.364. The van der Waals surface area contributed by atoms with Gasteiger partial charge in [-0.05, 0) is 26.8 Å². The first-order valence-corrected chi connectivity index (χ1v) is 5.34. The molecule has 0 saturated heterocycles. The molecular weight excluding hydrogens is 248 g/mol. The van der Waals surface area contributed by atoms with E-state index in [1.54, 1.807) is 0 Å². The third-order valence-electron chi connectivity index (χ3n) is 1.72. The van der Waals surface area contributed by atoms with Crippen LogP contribution in [-0.2, 0) is 0 Å². The Hall–Kier alpha value is -1.36. The van der Waals surface area contributed by atoms with Gasteiger partial charge in [-0.2, -0.15) is 0 Å². The molecular formula is C11H14ClF2N3. The molecule has 3 nitrogen and oxygen atoms in total. The first-order valence-electron chi connectivity index (χ1n) is 4.96. The van der Waals surface area contributed by atoms with E-state index in [9.17, 15) is 8.78 Å². The minimum atomic E-state index is -0.818. The van der Waals surface area contributed by atoms with E-state index in [4.69, 9.17) is 17.3 Å². The fourth-order valence-electron chi connectivity index (χ4n) is 1.18. The lowest BCUT2D eigenvalue weighted by molar-refractivity contribution is 0.580. The summed E-state index contributed by atoms with van der Waals surface area (Å²) in [6.45, 7) is 5.51. The number of benzene rings is 1. The summed E-state index contributed by atoms with van der Waals surface area (Å²) in [5, 5.41) is 2.43. The molecule has 0 saturated carbocycles. The van der Waals surface area contributed by atoms with Crippen molar-refractivity contribution in [2.75, 3.05) is 5.32 Å². The molecule has 0 spiro atoms. The molecule has 0 aliphatic carbocycles. The van der Waals surface area contributed by atoms with Crippen LogP contribution in [0.3, 0.4) is 0 Å². The first-order chi connectivity index (χ1) is 7.69. The zero-order chi connectivity index (χ0) is 13.2. The van der Waals surface area contributed by atoms with Gasteiger partial charge >= 0.3 is 0 Å². The molecule has 1 aromatic rings. The summed E-state index contributed by atoms with van der Waals surface area (Å²) >= 11 is 5.70. The molecule has 17 heavy (non-hydrogen) atoms. The van der Waals surface area contributed by atoms with E-state index >= 15 is 0 Å². The van der Waals surface area contributed by atoms with Gasteiger partial charge < -0.3 is 11.1 Å². The average Bonchev–Trinajstić information content (AvgIpc) is 2.08. The lowest BCUT2D eigenvalue weighted by Crippen LogP contribution is -2.28. The summed E-state index contributed by atoms with van der Waals surface area (Å²) in [5.74, 6) is -1.55. The third kappa shape index (κ3) is 4.19. The number of aliphatic imine (C=N–C) groups is 1. The quantitative estimate of drug-likeness (QED) is 0.603. The van der Waals surface area contributed by atoms with Crippen LogP contribution in [0.1, 0.15) is 20.8 Å². The number of nitrogens with zero attached hydrogens (tertiary/aromatic N) is 1. The average molecular weight is 262 g/mol. The Labute approximate surface area is 104 Å². The van der Waals surface area contributed by atoms with Crippen molar-refractivity contribution in [1.82, 2.24) is 0 Å². The number of anilines is 1. The van der Waals surface area contributed by atoms with Gasteiger partial charge in [0.2, 0.25) is 0 Å². The van der Waals surface area contributed by atoms with Crippen LogP contribution in [0.15, 0.2) is 17.1 Å². The summed E-state index contributed by atoms with van der Waals surface area (Å²) < 4.78 is 26.2. The van der Waals surface area contributed by atoms with Gasteiger partial charge in [0, 0.05) is 6.07 Å². The van der Waals surface area contributed by atoms with Crippen molar-refractivity contribution in [3.8, 4) is 0 Å². The normalized spacial score (nSPS) is 12.7. The molecule has 0 aliphatic heterocycles. The maximum Gasteiger partial charge on any atom is 0.193 e. The minimum absolute atomic E-state index is 0.0184. The van der Waals surface area contributed by atoms with Crippen LogP contribution in [0.2, 0.25) is 5.02 Å². The number of nitrogens with one attached hydrogen (secondary N) is 1. The van der Waals surface area contributed by atoms with E-state index in [1.165, 1.54) is 0 Å². The van der Waals surface area contributed by atoms with Crippen molar-refractivity contribution in [3.63, 3.8) is 0 Å². The molecule has 0 aromatic heterocycles. The molecule has 0 fully saturated rings. The predicted octanol–water partition coefficient (Wildman–Crippen LogP) is 3.14. The summed E-state index contributed by atoms with van der Waals surface area (Å²) in [4.78, 5) is 4.07. The molecule has 1 aromatic carbocycles. The maximum atomic E-state index is 13.4. The van der Waals surface area contributed by atoms with Gasteiger partial charge in [0.1, 0.15) is 5.82 Å². The lowest BCUT2D eigenvalue weighted by Gasteiger charge is -2.15. The molecule has 0 amide bonds. The van der Waals surface area contributed by atoms with E-state index < -0.39 is 17.2 Å². The second-order valence-corrected chi connectivity index (χ2v) is 4.94. The number of rotatable bonds is 1. The fourth-order valence-corrected chi connectivity index (χ4v) is 1.42. The van der Waals surface area contributed by atoms with E-state index in [2.05, 4.69) is 10.3 Å². The van der Waals surface area contributed by atoms with Crippen LogP contribution in [0, 0.1) is 11.6 Å². The summed E-state index contributed by atoms with van der Waals surface area (Å²) in [5.41, 5.74) is 5.10. The highest BCUT2D eigenvalue weighted by atomic mass is 35.5. The number of hydrogen-bond acceptors (Lipinski definition) is 1. The number of nitrogens with two attached hydrogens (primary N) is 1. The Morgan fingerprint density at radius 1 is 1.35 bits per heavy atom. The van der Waals surface area contributed by atoms with Crippen molar-refractivity contribution in [2.24, 2.45) is 10.7 Å². The summed E-state index contributed by atoms with van der Waals surface area (Å²) in [6, 6.07) is 1.72. The smallest absolute Gasteiger partial charge is 0.193 e. The highest BCUT2D eigenvalue weighted by molar-refractivity contribution is 6.33.